The minimum atomic E-state index is -1.90. The first-order chi connectivity index (χ1) is 8.59. The number of hydrogen-bond acceptors (Lipinski definition) is 3. The fourth-order valence-electron chi connectivity index (χ4n) is 2.08. The Hall–Kier alpha value is -1.94. The van der Waals surface area contributed by atoms with Crippen LogP contribution in [0.15, 0.2) is 42.5 Å². The van der Waals surface area contributed by atoms with Crippen LogP contribution in [0.1, 0.15) is 13.3 Å². The van der Waals surface area contributed by atoms with Crippen LogP contribution in [0.25, 0.3) is 0 Å². The van der Waals surface area contributed by atoms with E-state index in [4.69, 9.17) is 0 Å². The number of rotatable bonds is 3. The summed E-state index contributed by atoms with van der Waals surface area (Å²) >= 11 is 0. The van der Waals surface area contributed by atoms with Gasteiger partial charge in [-0.05, 0) is 25.1 Å². The Bertz CT molecular complexity index is 495. The summed E-state index contributed by atoms with van der Waals surface area (Å²) < 4.78 is 0. The standard InChI is InChI=1S/C14H15NO3/c1-2-6-12(16)14(18)9-10-15(13(14)17)11-7-4-3-5-8-11/h2-8,18H,9-10H2,1H3/b6-2+/t14-/m0/s1. The predicted molar refractivity (Wildman–Crippen MR) is 68.2 cm³/mol. The highest BCUT2D eigenvalue weighted by Crippen LogP contribution is 2.29. The van der Waals surface area contributed by atoms with Crippen molar-refractivity contribution in [2.45, 2.75) is 18.9 Å². The predicted octanol–water partition coefficient (Wildman–Crippen LogP) is 1.30. The van der Waals surface area contributed by atoms with E-state index in [0.29, 0.717) is 12.2 Å². The second-order valence-electron chi connectivity index (χ2n) is 4.27. The lowest BCUT2D eigenvalue weighted by atomic mass is 9.96. The van der Waals surface area contributed by atoms with E-state index in [1.807, 2.05) is 18.2 Å². The molecule has 0 aliphatic carbocycles. The van der Waals surface area contributed by atoms with Gasteiger partial charge in [-0.3, -0.25) is 9.59 Å². The second kappa shape index (κ2) is 4.74. The van der Waals surface area contributed by atoms with Crippen molar-refractivity contribution in [2.75, 3.05) is 11.4 Å². The SMILES string of the molecule is C/C=C/C(=O)[C@@]1(O)CCN(c2ccccc2)C1=O. The first kappa shape index (κ1) is 12.5. The Morgan fingerprint density at radius 1 is 1.39 bits per heavy atom. The summed E-state index contributed by atoms with van der Waals surface area (Å²) in [7, 11) is 0. The minimum absolute atomic E-state index is 0.129. The topological polar surface area (TPSA) is 57.6 Å². The zero-order valence-electron chi connectivity index (χ0n) is 10.2. The number of carbonyl (C=O) groups is 2. The van der Waals surface area contributed by atoms with Crippen LogP contribution in [0.5, 0.6) is 0 Å². The maximum absolute atomic E-state index is 12.2. The molecule has 4 nitrogen and oxygen atoms in total. The summed E-state index contributed by atoms with van der Waals surface area (Å²) in [6.45, 7) is 2.03. The molecule has 0 saturated carbocycles. The molecule has 0 bridgehead atoms. The highest BCUT2D eigenvalue weighted by atomic mass is 16.3. The van der Waals surface area contributed by atoms with Crippen molar-refractivity contribution in [1.29, 1.82) is 0 Å². The Kier molecular flexibility index (Phi) is 3.30. The van der Waals surface area contributed by atoms with Crippen molar-refractivity contribution >= 4 is 17.4 Å². The van der Waals surface area contributed by atoms with E-state index in [-0.39, 0.29) is 6.42 Å². The van der Waals surface area contributed by atoms with Crippen molar-refractivity contribution in [2.24, 2.45) is 0 Å². The number of ketones is 1. The van der Waals surface area contributed by atoms with Crippen LogP contribution in [0, 0.1) is 0 Å². The van der Waals surface area contributed by atoms with Crippen LogP contribution >= 0.6 is 0 Å². The first-order valence-electron chi connectivity index (χ1n) is 5.86. The number of aliphatic hydroxyl groups is 1. The molecule has 0 unspecified atom stereocenters. The number of amides is 1. The van der Waals surface area contributed by atoms with Gasteiger partial charge < -0.3 is 10.0 Å². The maximum atomic E-state index is 12.2. The molecule has 0 aromatic heterocycles. The molecular weight excluding hydrogens is 230 g/mol. The van der Waals surface area contributed by atoms with Gasteiger partial charge in [-0.25, -0.2) is 0 Å². The molecule has 1 aromatic rings. The van der Waals surface area contributed by atoms with Crippen LogP contribution in [0.2, 0.25) is 0 Å². The number of hydrogen-bond donors (Lipinski definition) is 1. The van der Waals surface area contributed by atoms with Gasteiger partial charge in [0.1, 0.15) is 0 Å². The monoisotopic (exact) mass is 245 g/mol. The molecule has 4 heteroatoms. The number of allylic oxidation sites excluding steroid dienone is 1. The normalized spacial score (nSPS) is 23.9. The van der Waals surface area contributed by atoms with Crippen LogP contribution in [0.4, 0.5) is 5.69 Å². The van der Waals surface area contributed by atoms with Gasteiger partial charge in [0.05, 0.1) is 0 Å². The van der Waals surface area contributed by atoms with E-state index in [1.165, 1.54) is 17.1 Å². The fourth-order valence-corrected chi connectivity index (χ4v) is 2.08. The van der Waals surface area contributed by atoms with Gasteiger partial charge in [-0.1, -0.05) is 24.3 Å². The Morgan fingerprint density at radius 2 is 2.06 bits per heavy atom. The van der Waals surface area contributed by atoms with Gasteiger partial charge in [0.25, 0.3) is 5.91 Å². The Morgan fingerprint density at radius 3 is 2.67 bits per heavy atom. The molecule has 1 N–H and O–H groups in total. The third-order valence-corrected chi connectivity index (χ3v) is 3.09. The molecule has 1 atom stereocenters. The number of carbonyl (C=O) groups excluding carboxylic acids is 2. The van der Waals surface area contributed by atoms with E-state index in [9.17, 15) is 14.7 Å². The zero-order valence-corrected chi connectivity index (χ0v) is 10.2. The summed E-state index contributed by atoms with van der Waals surface area (Å²) in [4.78, 5) is 25.4. The van der Waals surface area contributed by atoms with E-state index in [1.54, 1.807) is 19.1 Å². The minimum Gasteiger partial charge on any atom is -0.373 e. The molecule has 94 valence electrons. The third kappa shape index (κ3) is 1.95. The summed E-state index contributed by atoms with van der Waals surface area (Å²) in [6, 6.07) is 9.04. The van der Waals surface area contributed by atoms with E-state index < -0.39 is 17.3 Å². The molecule has 18 heavy (non-hydrogen) atoms. The lowest BCUT2D eigenvalue weighted by Gasteiger charge is -2.20. The van der Waals surface area contributed by atoms with Crippen LogP contribution < -0.4 is 4.90 Å². The summed E-state index contributed by atoms with van der Waals surface area (Å²) in [5.74, 6) is -1.09. The highest BCUT2D eigenvalue weighted by Gasteiger charge is 2.50. The van der Waals surface area contributed by atoms with Gasteiger partial charge in [0.15, 0.2) is 5.78 Å². The van der Waals surface area contributed by atoms with Gasteiger partial charge in [0.2, 0.25) is 5.60 Å². The van der Waals surface area contributed by atoms with Gasteiger partial charge in [-0.15, -0.1) is 0 Å². The molecule has 1 saturated heterocycles. The summed E-state index contributed by atoms with van der Waals surface area (Å²) in [5, 5.41) is 10.2. The van der Waals surface area contributed by atoms with Crippen molar-refractivity contribution < 1.29 is 14.7 Å². The number of nitrogens with zero attached hydrogens (tertiary/aromatic N) is 1. The molecule has 0 radical (unpaired) electrons. The smallest absolute Gasteiger partial charge is 0.267 e. The van der Waals surface area contributed by atoms with E-state index >= 15 is 0 Å². The maximum Gasteiger partial charge on any atom is 0.267 e. The Balaban J connectivity index is 2.27. The van der Waals surface area contributed by atoms with E-state index in [2.05, 4.69) is 0 Å². The summed E-state index contributed by atoms with van der Waals surface area (Å²) in [5.41, 5.74) is -1.20. The van der Waals surface area contributed by atoms with Crippen LogP contribution in [-0.4, -0.2) is 28.9 Å². The van der Waals surface area contributed by atoms with E-state index in [0.717, 1.165) is 0 Å². The molecule has 1 aromatic carbocycles. The van der Waals surface area contributed by atoms with Crippen LogP contribution in [0.3, 0.4) is 0 Å². The van der Waals surface area contributed by atoms with Gasteiger partial charge in [-0.2, -0.15) is 0 Å². The van der Waals surface area contributed by atoms with Gasteiger partial charge in [0, 0.05) is 18.7 Å². The van der Waals surface area contributed by atoms with Crippen molar-refractivity contribution in [1.82, 2.24) is 0 Å². The van der Waals surface area contributed by atoms with Gasteiger partial charge >= 0.3 is 0 Å². The van der Waals surface area contributed by atoms with Crippen LogP contribution in [-0.2, 0) is 9.59 Å². The van der Waals surface area contributed by atoms with Crippen molar-refractivity contribution in [3.8, 4) is 0 Å². The fraction of sp³-hybridized carbons (Fsp3) is 0.286. The highest BCUT2D eigenvalue weighted by molar-refractivity contribution is 6.20. The molecule has 1 aliphatic rings. The number of para-hydroxylation sites is 1. The first-order valence-corrected chi connectivity index (χ1v) is 5.86. The summed E-state index contributed by atoms with van der Waals surface area (Å²) in [6.07, 6.45) is 2.90. The second-order valence-corrected chi connectivity index (χ2v) is 4.27. The molecule has 1 amide bonds. The molecule has 2 rings (SSSR count). The molecular formula is C14H15NO3. The average molecular weight is 245 g/mol. The lowest BCUT2D eigenvalue weighted by molar-refractivity contribution is -0.144. The molecule has 0 spiro atoms. The van der Waals surface area contributed by atoms with Crippen molar-refractivity contribution in [3.63, 3.8) is 0 Å². The molecule has 1 fully saturated rings. The zero-order chi connectivity index (χ0) is 13.2. The molecule has 1 heterocycles. The van der Waals surface area contributed by atoms with Crippen molar-refractivity contribution in [3.05, 3.63) is 42.5 Å². The molecule has 1 aliphatic heterocycles. The largest absolute Gasteiger partial charge is 0.373 e. The average Bonchev–Trinajstić information content (AvgIpc) is 2.69. The lowest BCUT2D eigenvalue weighted by Crippen LogP contribution is -2.46. The third-order valence-electron chi connectivity index (χ3n) is 3.09. The quantitative estimate of drug-likeness (QED) is 0.645. The Labute approximate surface area is 106 Å². The number of benzene rings is 1. The number of anilines is 1.